The van der Waals surface area contributed by atoms with Crippen LogP contribution in [0.4, 0.5) is 5.69 Å². The van der Waals surface area contributed by atoms with Crippen molar-refractivity contribution in [3.05, 3.63) is 53.0 Å². The van der Waals surface area contributed by atoms with Crippen LogP contribution in [0.3, 0.4) is 0 Å². The number of phenolic OH excluding ortho intramolecular Hbond substituents is 1. The Labute approximate surface area is 533 Å². The number of amides is 7. The average Bonchev–Trinajstić information content (AvgIpc) is 1.98. The van der Waals surface area contributed by atoms with Crippen LogP contribution in [0.15, 0.2) is 42.5 Å². The molecule has 0 bridgehead atoms. The number of phenols is 1. The maximum Gasteiger partial charge on any atom is 0.248 e. The Kier molecular flexibility index (Phi) is 23.0. The summed E-state index contributed by atoms with van der Waals surface area (Å²) in [4.78, 5) is 104. The summed E-state index contributed by atoms with van der Waals surface area (Å²) in [6.07, 6.45) is -0.751. The average molecular weight is 1290 g/mol. The lowest BCUT2D eigenvalue weighted by molar-refractivity contribution is -0.147. The number of aromatic nitrogens is 2. The number of nitrogens with one attached hydrogen (secondary N) is 5. The fourth-order valence-corrected chi connectivity index (χ4v) is 15.3. The van der Waals surface area contributed by atoms with Gasteiger partial charge in [-0.15, -0.1) is 10.2 Å². The van der Waals surface area contributed by atoms with Gasteiger partial charge in [-0.25, -0.2) is 0 Å². The normalized spacial score (nSPS) is 30.4. The van der Waals surface area contributed by atoms with Gasteiger partial charge in [-0.1, -0.05) is 43.6 Å². The molecule has 0 radical (unpaired) electrons. The molecule has 6 fully saturated rings. The lowest BCUT2D eigenvalue weighted by atomic mass is 9.72. The van der Waals surface area contributed by atoms with Crippen LogP contribution < -0.4 is 42.0 Å². The molecule has 4 saturated heterocycles. The number of rotatable bonds is 16. The van der Waals surface area contributed by atoms with E-state index >= 15 is 0 Å². The molecule has 2 saturated carbocycles. The van der Waals surface area contributed by atoms with Crippen LogP contribution in [0, 0.1) is 17.8 Å². The number of aliphatic hydroxyl groups is 6. The third-order valence-electron chi connectivity index (χ3n) is 19.7. The van der Waals surface area contributed by atoms with E-state index in [1.807, 2.05) is 7.11 Å². The Morgan fingerprint density at radius 3 is 2.11 bits per heavy atom. The van der Waals surface area contributed by atoms with Gasteiger partial charge in [0.2, 0.25) is 41.4 Å². The molecule has 13 atom stereocenters. The summed E-state index contributed by atoms with van der Waals surface area (Å²) in [6.45, 7) is 3.58. The molecule has 91 heavy (non-hydrogen) atoms. The molecule has 2 aromatic carbocycles. The fraction of sp³-hybridized carbons (Fsp3) is 0.667. The molecular weight excluding hydrogens is 1200 g/mol. The molecule has 2 aliphatic carbocycles. The van der Waals surface area contributed by atoms with Crippen LogP contribution in [-0.4, -0.2) is 229 Å². The van der Waals surface area contributed by atoms with Crippen molar-refractivity contribution in [1.29, 1.82) is 0 Å². The molecule has 0 spiro atoms. The van der Waals surface area contributed by atoms with Crippen molar-refractivity contribution in [2.24, 2.45) is 23.5 Å². The lowest BCUT2D eigenvalue weighted by Crippen LogP contribution is -2.64. The summed E-state index contributed by atoms with van der Waals surface area (Å²) in [7, 11) is 3.16. The highest BCUT2D eigenvalue weighted by Crippen LogP contribution is 2.43. The first-order chi connectivity index (χ1) is 43.5. The number of ether oxygens (including phenoxy) is 2. The van der Waals surface area contributed by atoms with Gasteiger partial charge in [-0.05, 0) is 125 Å². The Bertz CT molecular complexity index is 3030. The third kappa shape index (κ3) is 16.2. The van der Waals surface area contributed by atoms with Crippen LogP contribution in [0.5, 0.6) is 11.5 Å². The van der Waals surface area contributed by atoms with Gasteiger partial charge in [-0.3, -0.25) is 33.6 Å². The minimum atomic E-state index is -2.12. The van der Waals surface area contributed by atoms with Crippen LogP contribution in [0.1, 0.15) is 120 Å². The molecule has 1 aromatic heterocycles. The predicted octanol–water partition coefficient (Wildman–Crippen LogP) is -0.557. The third-order valence-corrected chi connectivity index (χ3v) is 20.8. The number of benzene rings is 2. The molecule has 0 unspecified atom stereocenters. The number of nitrogens with zero attached hydrogens (tertiary/aromatic N) is 5. The number of carbonyl (C=O) groups excluding carboxylic acids is 7. The first kappa shape index (κ1) is 68.7. The van der Waals surface area contributed by atoms with Gasteiger partial charge in [0.1, 0.15) is 40.2 Å². The summed E-state index contributed by atoms with van der Waals surface area (Å²) in [5.74, 6) is -7.83. The van der Waals surface area contributed by atoms with E-state index in [1.54, 1.807) is 11.3 Å². The van der Waals surface area contributed by atoms with Crippen molar-refractivity contribution in [3.63, 3.8) is 0 Å². The van der Waals surface area contributed by atoms with Gasteiger partial charge in [0.15, 0.2) is 11.5 Å². The zero-order chi connectivity index (χ0) is 65.4. The van der Waals surface area contributed by atoms with Crippen molar-refractivity contribution < 1.29 is 78.8 Å². The van der Waals surface area contributed by atoms with Gasteiger partial charge >= 0.3 is 0 Å². The topological polar surface area (TPSA) is 401 Å². The molecule has 28 heteroatoms. The number of fused-ring (bicyclic) bond motifs is 2. The quantitative estimate of drug-likeness (QED) is 0.0855. The number of carbonyl (C=O) groups is 7. The van der Waals surface area contributed by atoms with E-state index in [0.29, 0.717) is 5.92 Å². The first-order valence-corrected chi connectivity index (χ1v) is 32.8. The second kappa shape index (κ2) is 30.4. The minimum absolute atomic E-state index is 0.0110. The van der Waals surface area contributed by atoms with Gasteiger partial charge in [0, 0.05) is 75.8 Å². The second-order valence-corrected chi connectivity index (χ2v) is 26.9. The summed E-state index contributed by atoms with van der Waals surface area (Å²) in [6, 6.07) is 1.98. The SMILES string of the molecule is COc1cc(C[C@@H](O)[C@@H]2NC(=O)[C@@H]3C[C@@H](O)CN3C(=O)[C@H]([C@@H](C)O)NC(=O)[C@@H](NCC3CCC(c4nnc(-c5ccc(N6CCC(OC)(C7CCCCC7)CC6)cc5)s4)CC3)C[C@@H](O)CNC(=O)[C@@H]3[C@@H](O)[C@@H](C)CN3C(=O)[C@H]([C@H](O)CC(N)=O)NC2=O)ccc1O. The highest BCUT2D eigenvalue weighted by molar-refractivity contribution is 7.14. The molecule has 9 rings (SSSR count). The van der Waals surface area contributed by atoms with E-state index in [4.69, 9.17) is 15.2 Å². The van der Waals surface area contributed by atoms with E-state index in [9.17, 15) is 69.3 Å². The number of aliphatic hydroxyl groups excluding tert-OH is 6. The first-order valence-electron chi connectivity index (χ1n) is 32.0. The van der Waals surface area contributed by atoms with Crippen LogP contribution in [-0.2, 0) is 44.7 Å². The smallest absolute Gasteiger partial charge is 0.248 e. The highest BCUT2D eigenvalue weighted by atomic mass is 32.1. The van der Waals surface area contributed by atoms with Crippen molar-refractivity contribution in [3.8, 4) is 22.1 Å². The van der Waals surface area contributed by atoms with Gasteiger partial charge in [0.05, 0.1) is 61.8 Å². The predicted molar refractivity (Wildman–Crippen MR) is 332 cm³/mol. The Morgan fingerprint density at radius 2 is 1.45 bits per heavy atom. The number of primary amides is 1. The molecular formula is C63H91N11O16S. The standard InChI is InChI=1S/C63H91N11O16S/c1-33-31-74-53(54(33)82)58(86)66-30-41(76)26-43(65-29-35-10-13-37(14-11-35)59-70-71-60(91-59)38-15-17-40(18-16-38)72-22-20-63(90-4,21-23-72)39-8-6-5-7-9-39)55(83)67-50(34(2)75)61(87)73-32-42(77)27-44(73)56(84)68-51(46(79)24-36-12-19-45(78)48(25-36)89-3)57(85)69-52(62(74)88)47(80)28-49(64)81/h12,15-19,25,33-35,37,39,41-44,46-47,50-54,65,75-80,82H,5-11,13-14,20-24,26-32H2,1-4H3,(H2,64,81)(H,66,86)(H,67,83)(H,68,84)(H,69,85)/t33-,34+,35?,37?,41+,42+,43-,44-,46+,47+,50-,51-,52-,53-,54-/m0/s1. The largest absolute Gasteiger partial charge is 0.504 e. The highest BCUT2D eigenvalue weighted by Gasteiger charge is 2.50. The zero-order valence-electron chi connectivity index (χ0n) is 52.2. The van der Waals surface area contributed by atoms with Crippen molar-refractivity contribution >= 4 is 58.4 Å². The monoisotopic (exact) mass is 1290 g/mol. The Morgan fingerprint density at radius 1 is 0.780 bits per heavy atom. The molecule has 5 heterocycles. The van der Waals surface area contributed by atoms with E-state index in [-0.39, 0.29) is 54.0 Å². The number of piperidine rings is 1. The summed E-state index contributed by atoms with van der Waals surface area (Å²) < 4.78 is 11.5. The maximum absolute atomic E-state index is 14.7. The Hall–Kier alpha value is -6.63. The van der Waals surface area contributed by atoms with E-state index in [1.165, 1.54) is 76.9 Å². The van der Waals surface area contributed by atoms with Crippen LogP contribution in [0.2, 0.25) is 0 Å². The summed E-state index contributed by atoms with van der Waals surface area (Å²) in [5, 5.41) is 103. The number of hydrogen-bond acceptors (Lipinski definition) is 21. The van der Waals surface area contributed by atoms with Crippen molar-refractivity contribution in [1.82, 2.24) is 46.6 Å². The van der Waals surface area contributed by atoms with Gasteiger partial charge in [-0.2, -0.15) is 0 Å². The molecule has 4 aliphatic heterocycles. The number of β-amino-alcohol motifs (C(OH)–C–C–N with tert-alkyl or cyclic N) is 1. The maximum atomic E-state index is 14.7. The molecule has 3 aromatic rings. The number of aromatic hydroxyl groups is 1. The van der Waals surface area contributed by atoms with E-state index in [0.717, 1.165) is 77.0 Å². The number of nitrogens with two attached hydrogens (primary N) is 1. The van der Waals surface area contributed by atoms with Gasteiger partial charge < -0.3 is 92.2 Å². The molecule has 500 valence electrons. The molecule has 14 N–H and O–H groups in total. The van der Waals surface area contributed by atoms with Crippen LogP contribution >= 0.6 is 11.3 Å². The Balaban J connectivity index is 0.910. The summed E-state index contributed by atoms with van der Waals surface area (Å²) in [5.41, 5.74) is 7.83. The number of hydrogen-bond donors (Lipinski definition) is 13. The van der Waals surface area contributed by atoms with E-state index in [2.05, 4.69) is 65.9 Å². The van der Waals surface area contributed by atoms with E-state index < -0.39 is 152 Å². The lowest BCUT2D eigenvalue weighted by Gasteiger charge is -2.47. The van der Waals surface area contributed by atoms with Crippen molar-refractivity contribution in [2.45, 2.75) is 195 Å². The number of anilines is 1. The minimum Gasteiger partial charge on any atom is -0.504 e. The van der Waals surface area contributed by atoms with Crippen LogP contribution in [0.25, 0.3) is 10.6 Å². The van der Waals surface area contributed by atoms with Crippen molar-refractivity contribution in [2.75, 3.05) is 58.4 Å². The zero-order valence-corrected chi connectivity index (χ0v) is 53.0. The van der Waals surface area contributed by atoms with Gasteiger partial charge in [0.25, 0.3) is 0 Å². The second-order valence-electron chi connectivity index (χ2n) is 25.9. The molecule has 27 nitrogen and oxygen atoms in total. The molecule has 6 aliphatic rings. The molecule has 7 amide bonds. The summed E-state index contributed by atoms with van der Waals surface area (Å²) >= 11 is 1.57. The number of methoxy groups -OCH3 is 2. The fourth-order valence-electron chi connectivity index (χ4n) is 14.3.